The predicted molar refractivity (Wildman–Crippen MR) is 76.4 cm³/mol. The molecule has 0 radical (unpaired) electrons. The molecule has 2 aliphatic rings. The number of sulfone groups is 1. The van der Waals surface area contributed by atoms with Crippen LogP contribution >= 0.6 is 0 Å². The number of ether oxygens (including phenoxy) is 1. The maximum atomic E-state index is 12.2. The van der Waals surface area contributed by atoms with Crippen LogP contribution in [-0.4, -0.2) is 58.0 Å². The van der Waals surface area contributed by atoms with E-state index in [1.54, 1.807) is 7.11 Å². The average molecular weight is 318 g/mol. The number of nitrogens with one attached hydrogen (secondary N) is 2. The fourth-order valence-electron chi connectivity index (χ4n) is 2.50. The number of hydrogen-bond donors (Lipinski definition) is 2. The maximum absolute atomic E-state index is 12.2. The molecule has 8 heteroatoms. The molecule has 1 heterocycles. The van der Waals surface area contributed by atoms with Gasteiger partial charge in [0.05, 0.1) is 11.5 Å². The highest BCUT2D eigenvalue weighted by molar-refractivity contribution is 7.91. The third-order valence-electron chi connectivity index (χ3n) is 4.00. The second-order valence-electron chi connectivity index (χ2n) is 5.76. The lowest BCUT2D eigenvalue weighted by Gasteiger charge is -2.18. The van der Waals surface area contributed by atoms with Gasteiger partial charge in [0.15, 0.2) is 9.84 Å². The molecule has 0 aromatic heterocycles. The summed E-state index contributed by atoms with van der Waals surface area (Å²) in [5, 5.41) is 5.46. The van der Waals surface area contributed by atoms with Crippen molar-refractivity contribution in [2.75, 3.05) is 31.8 Å². The molecule has 1 unspecified atom stereocenters. The van der Waals surface area contributed by atoms with Gasteiger partial charge >= 0.3 is 0 Å². The minimum absolute atomic E-state index is 0.0235. The Morgan fingerprint density at radius 2 is 2.00 bits per heavy atom. The number of carbonyl (C=O) groups excluding carboxylic acids is 2. The highest BCUT2D eigenvalue weighted by Gasteiger charge is 2.56. The molecule has 0 bridgehead atoms. The Kier molecular flexibility index (Phi) is 4.88. The maximum Gasteiger partial charge on any atom is 0.235 e. The van der Waals surface area contributed by atoms with Gasteiger partial charge in [0, 0.05) is 26.3 Å². The molecule has 120 valence electrons. The van der Waals surface area contributed by atoms with Crippen molar-refractivity contribution in [2.24, 2.45) is 5.41 Å². The summed E-state index contributed by atoms with van der Waals surface area (Å²) in [5.74, 6) is -0.524. The first-order valence-electron chi connectivity index (χ1n) is 7.18. The van der Waals surface area contributed by atoms with E-state index < -0.39 is 15.3 Å². The van der Waals surface area contributed by atoms with E-state index in [4.69, 9.17) is 4.74 Å². The van der Waals surface area contributed by atoms with Crippen molar-refractivity contribution in [3.63, 3.8) is 0 Å². The fourth-order valence-corrected chi connectivity index (χ4v) is 4.18. The first-order valence-corrected chi connectivity index (χ1v) is 9.00. The molecule has 2 N–H and O–H groups in total. The van der Waals surface area contributed by atoms with Crippen molar-refractivity contribution in [2.45, 2.75) is 31.7 Å². The highest BCUT2D eigenvalue weighted by Crippen LogP contribution is 2.46. The summed E-state index contributed by atoms with van der Waals surface area (Å²) in [6.07, 6.45) is 2.17. The number of methoxy groups -OCH3 is 1. The van der Waals surface area contributed by atoms with Crippen molar-refractivity contribution in [3.05, 3.63) is 0 Å². The summed E-state index contributed by atoms with van der Waals surface area (Å²) in [4.78, 5) is 24.3. The third-order valence-corrected chi connectivity index (χ3v) is 5.77. The Balaban J connectivity index is 1.82. The van der Waals surface area contributed by atoms with Crippen molar-refractivity contribution in [1.29, 1.82) is 0 Å². The molecule has 0 aromatic carbocycles. The van der Waals surface area contributed by atoms with Gasteiger partial charge in [-0.1, -0.05) is 0 Å². The SMILES string of the molecule is COCCCNC(=O)C1(C(=O)NC2CCS(=O)(=O)C2)CC1. The van der Waals surface area contributed by atoms with Gasteiger partial charge in [-0.05, 0) is 25.7 Å². The fraction of sp³-hybridized carbons (Fsp3) is 0.846. The number of hydrogen-bond acceptors (Lipinski definition) is 5. The molecule has 21 heavy (non-hydrogen) atoms. The van der Waals surface area contributed by atoms with Gasteiger partial charge < -0.3 is 15.4 Å². The minimum atomic E-state index is -3.04. The van der Waals surface area contributed by atoms with Crippen molar-refractivity contribution >= 4 is 21.7 Å². The molecule has 1 atom stereocenters. The van der Waals surface area contributed by atoms with Gasteiger partial charge in [-0.15, -0.1) is 0 Å². The molecule has 1 aliphatic heterocycles. The van der Waals surface area contributed by atoms with Gasteiger partial charge in [0.25, 0.3) is 0 Å². The number of rotatable bonds is 7. The van der Waals surface area contributed by atoms with E-state index >= 15 is 0 Å². The standard InChI is InChI=1S/C13H22N2O5S/c1-20-7-2-6-14-11(16)13(4-5-13)12(17)15-10-3-8-21(18,19)9-10/h10H,2-9H2,1H3,(H,14,16)(H,15,17). The lowest BCUT2D eigenvalue weighted by molar-refractivity contribution is -0.137. The monoisotopic (exact) mass is 318 g/mol. The molecule has 0 spiro atoms. The van der Waals surface area contributed by atoms with E-state index in [0.717, 1.165) is 0 Å². The Labute approximate surface area is 124 Å². The molecular weight excluding hydrogens is 296 g/mol. The Morgan fingerprint density at radius 1 is 1.29 bits per heavy atom. The molecular formula is C13H22N2O5S. The minimum Gasteiger partial charge on any atom is -0.385 e. The quantitative estimate of drug-likeness (QED) is 0.474. The second-order valence-corrected chi connectivity index (χ2v) is 7.99. The van der Waals surface area contributed by atoms with E-state index in [1.807, 2.05) is 0 Å². The zero-order valence-electron chi connectivity index (χ0n) is 12.2. The van der Waals surface area contributed by atoms with E-state index in [2.05, 4.69) is 10.6 Å². The van der Waals surface area contributed by atoms with Crippen LogP contribution in [0.3, 0.4) is 0 Å². The van der Waals surface area contributed by atoms with Crippen LogP contribution in [0.4, 0.5) is 0 Å². The summed E-state index contributed by atoms with van der Waals surface area (Å²) in [7, 11) is -1.45. The summed E-state index contributed by atoms with van der Waals surface area (Å²) in [6.45, 7) is 1.03. The average Bonchev–Trinajstić information content (AvgIpc) is 3.16. The van der Waals surface area contributed by atoms with Crippen molar-refractivity contribution in [3.8, 4) is 0 Å². The molecule has 1 saturated carbocycles. The first-order chi connectivity index (χ1) is 9.89. The third kappa shape index (κ3) is 3.94. The summed E-state index contributed by atoms with van der Waals surface area (Å²) < 4.78 is 27.7. The molecule has 2 rings (SSSR count). The van der Waals surface area contributed by atoms with E-state index in [1.165, 1.54) is 0 Å². The van der Waals surface area contributed by atoms with Crippen LogP contribution in [0.25, 0.3) is 0 Å². The van der Waals surface area contributed by atoms with Gasteiger partial charge in [0.1, 0.15) is 5.41 Å². The van der Waals surface area contributed by atoms with Gasteiger partial charge in [-0.3, -0.25) is 9.59 Å². The van der Waals surface area contributed by atoms with Crippen LogP contribution in [0.1, 0.15) is 25.7 Å². The molecule has 0 aromatic rings. The van der Waals surface area contributed by atoms with Crippen LogP contribution in [0.15, 0.2) is 0 Å². The van der Waals surface area contributed by atoms with Crippen LogP contribution in [0, 0.1) is 5.41 Å². The Hall–Kier alpha value is -1.15. The van der Waals surface area contributed by atoms with Crippen molar-refractivity contribution < 1.29 is 22.7 Å². The van der Waals surface area contributed by atoms with E-state index in [-0.39, 0.29) is 29.4 Å². The lowest BCUT2D eigenvalue weighted by atomic mass is 10.0. The number of amides is 2. The Bertz CT molecular complexity index is 513. The largest absolute Gasteiger partial charge is 0.385 e. The number of carbonyl (C=O) groups is 2. The second kappa shape index (κ2) is 6.31. The first kappa shape index (κ1) is 16.2. The Morgan fingerprint density at radius 3 is 2.52 bits per heavy atom. The van der Waals surface area contributed by atoms with Gasteiger partial charge in [-0.25, -0.2) is 8.42 Å². The molecule has 7 nitrogen and oxygen atoms in total. The summed E-state index contributed by atoms with van der Waals surface area (Å²) in [6, 6.07) is -0.360. The highest BCUT2D eigenvalue weighted by atomic mass is 32.2. The normalized spacial score (nSPS) is 25.3. The predicted octanol–water partition coefficient (Wildman–Crippen LogP) is -0.777. The van der Waals surface area contributed by atoms with Crippen molar-refractivity contribution in [1.82, 2.24) is 10.6 Å². The summed E-state index contributed by atoms with van der Waals surface area (Å²) >= 11 is 0. The molecule has 1 saturated heterocycles. The van der Waals surface area contributed by atoms with Gasteiger partial charge in [-0.2, -0.15) is 0 Å². The molecule has 2 fully saturated rings. The lowest BCUT2D eigenvalue weighted by Crippen LogP contribution is -2.47. The molecule has 1 aliphatic carbocycles. The van der Waals surface area contributed by atoms with Crippen LogP contribution in [0.2, 0.25) is 0 Å². The zero-order valence-corrected chi connectivity index (χ0v) is 13.0. The van der Waals surface area contributed by atoms with Crippen LogP contribution < -0.4 is 10.6 Å². The van der Waals surface area contributed by atoms with Crippen LogP contribution in [-0.2, 0) is 24.2 Å². The zero-order chi connectivity index (χ0) is 15.5. The topological polar surface area (TPSA) is 102 Å². The summed E-state index contributed by atoms with van der Waals surface area (Å²) in [5.41, 5.74) is -0.987. The van der Waals surface area contributed by atoms with E-state index in [0.29, 0.717) is 38.8 Å². The van der Waals surface area contributed by atoms with Crippen LogP contribution in [0.5, 0.6) is 0 Å². The molecule has 2 amide bonds. The smallest absolute Gasteiger partial charge is 0.235 e. The van der Waals surface area contributed by atoms with E-state index in [9.17, 15) is 18.0 Å². The van der Waals surface area contributed by atoms with Gasteiger partial charge in [0.2, 0.25) is 11.8 Å².